The maximum absolute atomic E-state index is 11.1. The number of nitrogens with zero attached hydrogens (tertiary/aromatic N) is 1. The van der Waals surface area contributed by atoms with Crippen molar-refractivity contribution in [2.24, 2.45) is 0 Å². The second-order valence-electron chi connectivity index (χ2n) is 2.80. The van der Waals surface area contributed by atoms with Gasteiger partial charge >= 0.3 is 0 Å². The summed E-state index contributed by atoms with van der Waals surface area (Å²) in [6.07, 6.45) is 0. The number of ketones is 1. The highest BCUT2D eigenvalue weighted by Crippen LogP contribution is 2.30. The van der Waals surface area contributed by atoms with Gasteiger partial charge in [0.2, 0.25) is 0 Å². The number of likely N-dealkylation sites (N-methyl/N-ethyl adjacent to an activating group) is 1. The van der Waals surface area contributed by atoms with E-state index in [2.05, 4.69) is 4.90 Å². The minimum absolute atomic E-state index is 0.0648. The summed E-state index contributed by atoms with van der Waals surface area (Å²) >= 11 is 1.65. The van der Waals surface area contributed by atoms with Crippen LogP contribution in [0.1, 0.15) is 10.9 Å². The maximum Gasteiger partial charge on any atom is 0.169 e. The largest absolute Gasteiger partial charge is 0.296 e. The molecule has 2 rings (SSSR count). The molecule has 1 fully saturated rings. The highest BCUT2D eigenvalue weighted by molar-refractivity contribution is 7.10. The van der Waals surface area contributed by atoms with Gasteiger partial charge in [-0.2, -0.15) is 0 Å². The van der Waals surface area contributed by atoms with Gasteiger partial charge in [-0.15, -0.1) is 11.3 Å². The summed E-state index contributed by atoms with van der Waals surface area (Å²) in [6.45, 7) is 0.614. The Bertz CT molecular complexity index is 268. The first kappa shape index (κ1) is 7.00. The van der Waals surface area contributed by atoms with Gasteiger partial charge in [-0.25, -0.2) is 0 Å². The summed E-state index contributed by atoms with van der Waals surface area (Å²) in [4.78, 5) is 14.3. The molecule has 0 radical (unpaired) electrons. The summed E-state index contributed by atoms with van der Waals surface area (Å²) in [5.74, 6) is 0.343. The molecule has 2 nitrogen and oxygen atoms in total. The summed E-state index contributed by atoms with van der Waals surface area (Å²) in [6, 6.07) is 4.07. The maximum atomic E-state index is 11.1. The van der Waals surface area contributed by atoms with E-state index in [-0.39, 0.29) is 6.04 Å². The zero-order valence-corrected chi connectivity index (χ0v) is 7.10. The quantitative estimate of drug-likeness (QED) is 0.628. The topological polar surface area (TPSA) is 20.3 Å². The molecule has 58 valence electrons. The minimum Gasteiger partial charge on any atom is -0.296 e. The second kappa shape index (κ2) is 2.43. The average Bonchev–Trinajstić information content (AvgIpc) is 2.39. The van der Waals surface area contributed by atoms with Crippen molar-refractivity contribution in [1.29, 1.82) is 0 Å². The van der Waals surface area contributed by atoms with E-state index in [1.165, 1.54) is 4.88 Å². The fraction of sp³-hybridized carbons (Fsp3) is 0.375. The van der Waals surface area contributed by atoms with E-state index in [1.54, 1.807) is 11.3 Å². The van der Waals surface area contributed by atoms with Crippen LogP contribution in [-0.4, -0.2) is 24.3 Å². The van der Waals surface area contributed by atoms with Crippen molar-refractivity contribution in [3.63, 3.8) is 0 Å². The highest BCUT2D eigenvalue weighted by Gasteiger charge is 2.35. The fourth-order valence-electron chi connectivity index (χ4n) is 1.38. The van der Waals surface area contributed by atoms with Crippen molar-refractivity contribution < 1.29 is 4.79 Å². The van der Waals surface area contributed by atoms with E-state index in [0.29, 0.717) is 12.3 Å². The molecule has 1 atom stereocenters. The lowest BCUT2D eigenvalue weighted by molar-refractivity contribution is -0.134. The molecule has 2 heterocycles. The van der Waals surface area contributed by atoms with Gasteiger partial charge < -0.3 is 0 Å². The van der Waals surface area contributed by atoms with E-state index in [1.807, 2.05) is 24.6 Å². The normalized spacial score (nSPS) is 25.2. The molecule has 11 heavy (non-hydrogen) atoms. The first-order valence-electron chi connectivity index (χ1n) is 3.55. The molecule has 0 saturated carbocycles. The zero-order valence-electron chi connectivity index (χ0n) is 6.28. The molecule has 0 bridgehead atoms. The fourth-order valence-corrected chi connectivity index (χ4v) is 2.29. The predicted molar refractivity (Wildman–Crippen MR) is 44.7 cm³/mol. The Morgan fingerprint density at radius 3 is 3.00 bits per heavy atom. The van der Waals surface area contributed by atoms with Crippen molar-refractivity contribution >= 4 is 17.1 Å². The van der Waals surface area contributed by atoms with Crippen LogP contribution < -0.4 is 0 Å². The van der Waals surface area contributed by atoms with Crippen molar-refractivity contribution in [2.45, 2.75) is 6.04 Å². The molecule has 0 N–H and O–H groups in total. The Morgan fingerprint density at radius 1 is 1.73 bits per heavy atom. The molecule has 1 aromatic heterocycles. The third kappa shape index (κ3) is 1.01. The van der Waals surface area contributed by atoms with Gasteiger partial charge in [0.1, 0.15) is 6.04 Å². The second-order valence-corrected chi connectivity index (χ2v) is 3.78. The average molecular weight is 167 g/mol. The molecule has 3 heteroatoms. The number of Topliss-reactive ketones (excluding diaryl/α,β-unsaturated/α-hetero) is 1. The number of hydrogen-bond acceptors (Lipinski definition) is 3. The molecule has 0 amide bonds. The first-order valence-corrected chi connectivity index (χ1v) is 4.43. The van der Waals surface area contributed by atoms with Crippen LogP contribution in [-0.2, 0) is 4.79 Å². The summed E-state index contributed by atoms with van der Waals surface area (Å²) in [5, 5.41) is 2.01. The number of carbonyl (C=O) groups is 1. The Hall–Kier alpha value is -0.670. The van der Waals surface area contributed by atoms with Crippen LogP contribution in [0.4, 0.5) is 0 Å². The number of rotatable bonds is 1. The first-order chi connectivity index (χ1) is 5.29. The lowest BCUT2D eigenvalue weighted by atomic mass is 10.0. The molecule has 1 aromatic rings. The molecule has 0 aliphatic carbocycles. The Morgan fingerprint density at radius 2 is 2.55 bits per heavy atom. The third-order valence-electron chi connectivity index (χ3n) is 1.96. The van der Waals surface area contributed by atoms with Gasteiger partial charge in [-0.1, -0.05) is 6.07 Å². The highest BCUT2D eigenvalue weighted by atomic mass is 32.1. The van der Waals surface area contributed by atoms with Gasteiger partial charge in [0, 0.05) is 4.88 Å². The summed E-state index contributed by atoms with van der Waals surface area (Å²) < 4.78 is 0. The van der Waals surface area contributed by atoms with Gasteiger partial charge in [-0.05, 0) is 18.5 Å². The molecule has 1 unspecified atom stereocenters. The molecule has 0 aromatic carbocycles. The van der Waals surface area contributed by atoms with E-state index in [4.69, 9.17) is 0 Å². The van der Waals surface area contributed by atoms with Crippen LogP contribution in [0.25, 0.3) is 0 Å². The number of thiophene rings is 1. The lowest BCUT2D eigenvalue weighted by Crippen LogP contribution is -2.47. The standard InChI is InChI=1S/C8H9NOS/c1-9-5-6(10)8(9)7-3-2-4-11-7/h2-4,8H,5H2,1H3. The van der Waals surface area contributed by atoms with Crippen molar-refractivity contribution in [2.75, 3.05) is 13.6 Å². The van der Waals surface area contributed by atoms with Crippen LogP contribution in [0.3, 0.4) is 0 Å². The molecule has 1 saturated heterocycles. The number of carbonyl (C=O) groups excluding carboxylic acids is 1. The smallest absolute Gasteiger partial charge is 0.169 e. The predicted octanol–water partition coefficient (Wildman–Crippen LogP) is 1.30. The van der Waals surface area contributed by atoms with Gasteiger partial charge in [-0.3, -0.25) is 9.69 Å². The molecule has 0 spiro atoms. The Labute approximate surface area is 69.4 Å². The third-order valence-corrected chi connectivity index (χ3v) is 2.89. The zero-order chi connectivity index (χ0) is 7.84. The van der Waals surface area contributed by atoms with Crippen molar-refractivity contribution in [3.05, 3.63) is 22.4 Å². The monoisotopic (exact) mass is 167 g/mol. The SMILES string of the molecule is CN1CC(=O)C1c1cccs1. The minimum atomic E-state index is 0.0648. The summed E-state index contributed by atoms with van der Waals surface area (Å²) in [5.41, 5.74) is 0. The Balaban J connectivity index is 2.23. The van der Waals surface area contributed by atoms with Gasteiger partial charge in [0.25, 0.3) is 0 Å². The van der Waals surface area contributed by atoms with Gasteiger partial charge in [0.05, 0.1) is 6.54 Å². The van der Waals surface area contributed by atoms with Crippen molar-refractivity contribution in [3.8, 4) is 0 Å². The number of likely N-dealkylation sites (tertiary alicyclic amines) is 1. The molecular weight excluding hydrogens is 158 g/mol. The van der Waals surface area contributed by atoms with Crippen LogP contribution in [0, 0.1) is 0 Å². The molecule has 1 aliphatic rings. The van der Waals surface area contributed by atoms with E-state index in [9.17, 15) is 4.79 Å². The van der Waals surface area contributed by atoms with Crippen LogP contribution >= 0.6 is 11.3 Å². The van der Waals surface area contributed by atoms with E-state index in [0.717, 1.165) is 0 Å². The van der Waals surface area contributed by atoms with Crippen LogP contribution in [0.2, 0.25) is 0 Å². The summed E-state index contributed by atoms with van der Waals surface area (Å²) in [7, 11) is 1.98. The van der Waals surface area contributed by atoms with E-state index >= 15 is 0 Å². The van der Waals surface area contributed by atoms with E-state index < -0.39 is 0 Å². The van der Waals surface area contributed by atoms with Crippen molar-refractivity contribution in [1.82, 2.24) is 4.90 Å². The lowest BCUT2D eigenvalue weighted by Gasteiger charge is -2.35. The molecule has 1 aliphatic heterocycles. The number of hydrogen-bond donors (Lipinski definition) is 0. The Kier molecular flexibility index (Phi) is 1.55. The molecular formula is C8H9NOS. The van der Waals surface area contributed by atoms with Crippen LogP contribution in [0.15, 0.2) is 17.5 Å². The van der Waals surface area contributed by atoms with Crippen LogP contribution in [0.5, 0.6) is 0 Å². The van der Waals surface area contributed by atoms with Gasteiger partial charge in [0.15, 0.2) is 5.78 Å².